The van der Waals surface area contributed by atoms with E-state index >= 15 is 0 Å². The molecule has 0 spiro atoms. The Labute approximate surface area is 122 Å². The van der Waals surface area contributed by atoms with Gasteiger partial charge in [0.25, 0.3) is 10.0 Å². The van der Waals surface area contributed by atoms with Crippen LogP contribution >= 0.6 is 11.3 Å². The number of ether oxygens (including phenoxy) is 1. The van der Waals surface area contributed by atoms with E-state index in [4.69, 9.17) is 4.74 Å². The number of fused-ring (bicyclic) bond motifs is 1. The third-order valence-electron chi connectivity index (χ3n) is 2.89. The second-order valence-electron chi connectivity index (χ2n) is 4.25. The molecule has 2 heterocycles. The van der Waals surface area contributed by atoms with Gasteiger partial charge in [0.2, 0.25) is 0 Å². The van der Waals surface area contributed by atoms with Gasteiger partial charge in [0.05, 0.1) is 6.61 Å². The van der Waals surface area contributed by atoms with Crippen LogP contribution in [0.3, 0.4) is 0 Å². The van der Waals surface area contributed by atoms with Gasteiger partial charge in [0.1, 0.15) is 0 Å². The van der Waals surface area contributed by atoms with Crippen molar-refractivity contribution in [1.29, 1.82) is 0 Å². The van der Waals surface area contributed by atoms with Crippen LogP contribution in [0.1, 0.15) is 13.3 Å². The monoisotopic (exact) mass is 318 g/mol. The Hall–Kier alpha value is -1.16. The predicted octanol–water partition coefficient (Wildman–Crippen LogP) is 1.14. The van der Waals surface area contributed by atoms with Crippen LogP contribution in [0.15, 0.2) is 16.6 Å². The molecule has 2 rings (SSSR count). The number of aromatic nitrogens is 2. The summed E-state index contributed by atoms with van der Waals surface area (Å²) in [5.74, 6) is 0.344. The van der Waals surface area contributed by atoms with Gasteiger partial charge in [0, 0.05) is 31.8 Å². The fourth-order valence-electron chi connectivity index (χ4n) is 1.90. The van der Waals surface area contributed by atoms with E-state index in [0.29, 0.717) is 23.8 Å². The lowest BCUT2D eigenvalue weighted by molar-refractivity contribution is 0.173. The smallest absolute Gasteiger partial charge is 0.260 e. The Morgan fingerprint density at radius 1 is 1.55 bits per heavy atom. The lowest BCUT2D eigenvalue weighted by Crippen LogP contribution is -2.38. The quantitative estimate of drug-likeness (QED) is 0.800. The van der Waals surface area contributed by atoms with Crippen molar-refractivity contribution in [1.82, 2.24) is 14.1 Å². The molecule has 0 radical (unpaired) electrons. The average Bonchev–Trinajstić information content (AvgIpc) is 2.96. The Balaban J connectivity index is 2.42. The molecular formula is C11H18N4O3S2. The van der Waals surface area contributed by atoms with Gasteiger partial charge in [-0.05, 0) is 6.42 Å². The summed E-state index contributed by atoms with van der Waals surface area (Å²) in [5.41, 5.74) is 0. The van der Waals surface area contributed by atoms with Gasteiger partial charge in [-0.3, -0.25) is 4.40 Å². The van der Waals surface area contributed by atoms with E-state index in [1.807, 2.05) is 6.92 Å². The first kappa shape index (κ1) is 15.2. The van der Waals surface area contributed by atoms with Gasteiger partial charge >= 0.3 is 0 Å². The zero-order valence-electron chi connectivity index (χ0n) is 11.6. The van der Waals surface area contributed by atoms with Crippen LogP contribution in [-0.2, 0) is 14.8 Å². The second kappa shape index (κ2) is 6.08. The number of methoxy groups -OCH3 is 1. The minimum atomic E-state index is -3.68. The van der Waals surface area contributed by atoms with Gasteiger partial charge in [-0.25, -0.2) is 18.1 Å². The Bertz CT molecular complexity index is 677. The van der Waals surface area contributed by atoms with Gasteiger partial charge < -0.3 is 10.1 Å². The first-order valence-electron chi connectivity index (χ1n) is 6.18. The van der Waals surface area contributed by atoms with Crippen LogP contribution in [0, 0.1) is 0 Å². The summed E-state index contributed by atoms with van der Waals surface area (Å²) in [5, 5.41) is 4.75. The molecule has 20 heavy (non-hydrogen) atoms. The Kier molecular flexibility index (Phi) is 4.63. The molecule has 2 aromatic heterocycles. The first-order chi connectivity index (χ1) is 9.53. The molecule has 2 N–H and O–H groups in total. The van der Waals surface area contributed by atoms with E-state index in [0.717, 1.165) is 0 Å². The van der Waals surface area contributed by atoms with Gasteiger partial charge in [-0.15, -0.1) is 11.3 Å². The SMILES string of the molecule is CCC(COC)NS(=O)(=O)c1c(NC)nc2sccn12. The maximum Gasteiger partial charge on any atom is 0.260 e. The average molecular weight is 318 g/mol. The van der Waals surface area contributed by atoms with E-state index < -0.39 is 10.0 Å². The molecule has 0 aliphatic carbocycles. The van der Waals surface area contributed by atoms with Crippen LogP contribution in [-0.4, -0.2) is 44.6 Å². The molecule has 0 aliphatic heterocycles. The van der Waals surface area contributed by atoms with Crippen LogP contribution in [0.25, 0.3) is 4.96 Å². The standard InChI is InChI=1S/C11H18N4O3S2/c1-4-8(7-18-3)14-20(16,17)10-9(12-2)13-11-15(10)5-6-19-11/h5-6,8,12,14H,4,7H2,1-3H3. The fourth-order valence-corrected chi connectivity index (χ4v) is 4.26. The summed E-state index contributed by atoms with van der Waals surface area (Å²) >= 11 is 1.38. The van der Waals surface area contributed by atoms with Gasteiger partial charge in [0.15, 0.2) is 15.8 Å². The normalized spacial score (nSPS) is 13.8. The highest BCUT2D eigenvalue weighted by Crippen LogP contribution is 2.25. The molecule has 0 amide bonds. The minimum absolute atomic E-state index is 0.130. The number of hydrogen-bond acceptors (Lipinski definition) is 6. The van der Waals surface area contributed by atoms with E-state index in [-0.39, 0.29) is 11.1 Å². The molecule has 1 atom stereocenters. The molecule has 0 bridgehead atoms. The number of nitrogens with one attached hydrogen (secondary N) is 2. The van der Waals surface area contributed by atoms with Gasteiger partial charge in [-0.2, -0.15) is 0 Å². The van der Waals surface area contributed by atoms with Crippen LogP contribution in [0.2, 0.25) is 0 Å². The Morgan fingerprint density at radius 3 is 2.90 bits per heavy atom. The highest BCUT2D eigenvalue weighted by Gasteiger charge is 2.27. The topological polar surface area (TPSA) is 84.7 Å². The number of hydrogen-bond donors (Lipinski definition) is 2. The zero-order chi connectivity index (χ0) is 14.8. The number of imidazole rings is 1. The molecular weight excluding hydrogens is 300 g/mol. The lowest BCUT2D eigenvalue weighted by Gasteiger charge is -2.16. The highest BCUT2D eigenvalue weighted by molar-refractivity contribution is 7.89. The highest BCUT2D eigenvalue weighted by atomic mass is 32.2. The van der Waals surface area contributed by atoms with Crippen molar-refractivity contribution in [3.8, 4) is 0 Å². The predicted molar refractivity (Wildman–Crippen MR) is 78.9 cm³/mol. The summed E-state index contributed by atoms with van der Waals surface area (Å²) in [6.07, 6.45) is 2.34. The second-order valence-corrected chi connectivity index (χ2v) is 6.76. The molecule has 0 saturated carbocycles. The zero-order valence-corrected chi connectivity index (χ0v) is 13.2. The van der Waals surface area contributed by atoms with Crippen molar-refractivity contribution in [3.63, 3.8) is 0 Å². The lowest BCUT2D eigenvalue weighted by atomic mass is 10.3. The van der Waals surface area contributed by atoms with Crippen LogP contribution in [0.5, 0.6) is 0 Å². The van der Waals surface area contributed by atoms with Crippen molar-refractivity contribution in [2.75, 3.05) is 26.1 Å². The van der Waals surface area contributed by atoms with Crippen molar-refractivity contribution < 1.29 is 13.2 Å². The summed E-state index contributed by atoms with van der Waals surface area (Å²) in [7, 11) is -0.477. The first-order valence-corrected chi connectivity index (χ1v) is 8.54. The minimum Gasteiger partial charge on any atom is -0.383 e. The summed E-state index contributed by atoms with van der Waals surface area (Å²) in [6, 6.07) is -0.265. The molecule has 0 saturated heterocycles. The molecule has 0 fully saturated rings. The molecule has 0 aliphatic rings. The number of nitrogens with zero attached hydrogens (tertiary/aromatic N) is 2. The largest absolute Gasteiger partial charge is 0.383 e. The van der Waals surface area contributed by atoms with Crippen molar-refractivity contribution in [2.45, 2.75) is 24.4 Å². The molecule has 7 nitrogen and oxygen atoms in total. The van der Waals surface area contributed by atoms with Crippen LogP contribution in [0.4, 0.5) is 5.82 Å². The maximum atomic E-state index is 12.6. The third-order valence-corrected chi connectivity index (χ3v) is 5.19. The summed E-state index contributed by atoms with van der Waals surface area (Å²) < 4.78 is 34.4. The summed E-state index contributed by atoms with van der Waals surface area (Å²) in [4.78, 5) is 4.89. The molecule has 9 heteroatoms. The summed E-state index contributed by atoms with van der Waals surface area (Å²) in [6.45, 7) is 2.23. The van der Waals surface area contributed by atoms with Crippen molar-refractivity contribution in [3.05, 3.63) is 11.6 Å². The molecule has 2 aromatic rings. The fraction of sp³-hybridized carbons (Fsp3) is 0.545. The molecule has 112 valence electrons. The van der Waals surface area contributed by atoms with Crippen molar-refractivity contribution in [2.24, 2.45) is 0 Å². The maximum absolute atomic E-state index is 12.6. The number of rotatable bonds is 7. The van der Waals surface area contributed by atoms with Crippen molar-refractivity contribution >= 4 is 32.1 Å². The number of anilines is 1. The number of sulfonamides is 1. The third kappa shape index (κ3) is 2.80. The van der Waals surface area contributed by atoms with E-state index in [9.17, 15) is 8.42 Å². The van der Waals surface area contributed by atoms with E-state index in [1.165, 1.54) is 11.3 Å². The van der Waals surface area contributed by atoms with Crippen LogP contribution < -0.4 is 10.0 Å². The van der Waals surface area contributed by atoms with Gasteiger partial charge in [-0.1, -0.05) is 6.92 Å². The Morgan fingerprint density at radius 2 is 2.30 bits per heavy atom. The molecule has 1 unspecified atom stereocenters. The van der Waals surface area contributed by atoms with E-state index in [1.54, 1.807) is 30.1 Å². The molecule has 0 aromatic carbocycles. The van der Waals surface area contributed by atoms with E-state index in [2.05, 4.69) is 15.0 Å². The number of thiazole rings is 1.